The summed E-state index contributed by atoms with van der Waals surface area (Å²) in [4.78, 5) is 4.80. The molecule has 0 spiro atoms. The molecule has 0 radical (unpaired) electrons. The van der Waals surface area contributed by atoms with Gasteiger partial charge in [0, 0.05) is 33.3 Å². The normalized spacial score (nSPS) is 12.7. The van der Waals surface area contributed by atoms with Gasteiger partial charge in [-0.1, -0.05) is 20.8 Å². The number of thiophene rings is 1. The average molecular weight is 397 g/mol. The van der Waals surface area contributed by atoms with E-state index in [1.54, 1.807) is 17.6 Å². The van der Waals surface area contributed by atoms with Crippen molar-refractivity contribution in [3.63, 3.8) is 0 Å². The topological polar surface area (TPSA) is 39.2 Å². The molecular weight excluding hydrogens is 378 g/mol. The summed E-state index contributed by atoms with van der Waals surface area (Å²) in [6, 6.07) is 14.8. The molecule has 4 heteroatoms. The Morgan fingerprint density at radius 2 is 1.79 bits per heavy atom. The molecule has 29 heavy (non-hydrogen) atoms. The van der Waals surface area contributed by atoms with Crippen molar-refractivity contribution in [3.05, 3.63) is 65.9 Å². The van der Waals surface area contributed by atoms with E-state index in [9.17, 15) is 0 Å². The summed E-state index contributed by atoms with van der Waals surface area (Å²) < 4.78 is 13.1. The summed E-state index contributed by atoms with van der Waals surface area (Å²) in [7, 11) is 0. The van der Waals surface area contributed by atoms with Crippen molar-refractivity contribution in [2.45, 2.75) is 26.2 Å². The molecule has 6 rings (SSSR count). The zero-order valence-electron chi connectivity index (χ0n) is 16.4. The van der Waals surface area contributed by atoms with Crippen LogP contribution in [0.3, 0.4) is 0 Å². The van der Waals surface area contributed by atoms with Gasteiger partial charge in [0.15, 0.2) is 0 Å². The van der Waals surface area contributed by atoms with Gasteiger partial charge >= 0.3 is 0 Å². The lowest BCUT2D eigenvalue weighted by Crippen LogP contribution is -2.11. The Labute approximate surface area is 171 Å². The van der Waals surface area contributed by atoms with E-state index < -0.39 is 0 Å². The van der Waals surface area contributed by atoms with Gasteiger partial charge in [-0.25, -0.2) is 0 Å². The second kappa shape index (κ2) is 5.71. The average Bonchev–Trinajstić information content (AvgIpc) is 3.41. The molecule has 3 nitrogen and oxygen atoms in total. The SMILES string of the molecule is CC(C)(C)c1cc(-c2nccc3oc4cc5occc5cc4c23)cc2ccsc12. The van der Waals surface area contributed by atoms with Gasteiger partial charge in [-0.2, -0.15) is 0 Å². The van der Waals surface area contributed by atoms with Crippen LogP contribution in [0, 0.1) is 0 Å². The van der Waals surface area contributed by atoms with Crippen LogP contribution >= 0.6 is 11.3 Å². The lowest BCUT2D eigenvalue weighted by atomic mass is 9.85. The summed E-state index contributed by atoms with van der Waals surface area (Å²) in [5.41, 5.74) is 5.99. The number of nitrogens with zero attached hydrogens (tertiary/aromatic N) is 1. The van der Waals surface area contributed by atoms with Gasteiger partial charge in [-0.15, -0.1) is 11.3 Å². The van der Waals surface area contributed by atoms with Gasteiger partial charge in [0.2, 0.25) is 0 Å². The quantitative estimate of drug-likeness (QED) is 0.283. The Bertz CT molecular complexity index is 1540. The molecule has 0 amide bonds. The Kier molecular flexibility index (Phi) is 3.31. The molecular formula is C25H19NO2S. The lowest BCUT2D eigenvalue weighted by molar-refractivity contribution is 0.597. The first-order valence-corrected chi connectivity index (χ1v) is 10.6. The van der Waals surface area contributed by atoms with Crippen LogP contribution in [-0.2, 0) is 5.41 Å². The van der Waals surface area contributed by atoms with E-state index in [4.69, 9.17) is 13.8 Å². The minimum atomic E-state index is 0.0500. The minimum absolute atomic E-state index is 0.0500. The predicted molar refractivity (Wildman–Crippen MR) is 121 cm³/mol. The molecule has 6 aromatic rings. The van der Waals surface area contributed by atoms with E-state index in [1.165, 1.54) is 15.6 Å². The number of benzene rings is 2. The van der Waals surface area contributed by atoms with Gasteiger partial charge < -0.3 is 8.83 Å². The Morgan fingerprint density at radius 3 is 2.66 bits per heavy atom. The van der Waals surface area contributed by atoms with Gasteiger partial charge in [-0.3, -0.25) is 4.98 Å². The third-order valence-electron chi connectivity index (χ3n) is 5.59. The molecule has 4 heterocycles. The van der Waals surface area contributed by atoms with E-state index in [2.05, 4.69) is 50.4 Å². The monoisotopic (exact) mass is 397 g/mol. The molecule has 0 atom stereocenters. The first kappa shape index (κ1) is 16.8. The van der Waals surface area contributed by atoms with Crippen LogP contribution in [0.1, 0.15) is 26.3 Å². The van der Waals surface area contributed by atoms with Crippen LogP contribution in [-0.4, -0.2) is 4.98 Å². The number of fused-ring (bicyclic) bond motifs is 5. The summed E-state index contributed by atoms with van der Waals surface area (Å²) in [6.07, 6.45) is 3.55. The molecule has 0 fully saturated rings. The summed E-state index contributed by atoms with van der Waals surface area (Å²) in [5, 5.41) is 6.63. The maximum Gasteiger partial charge on any atom is 0.139 e. The second-order valence-electron chi connectivity index (χ2n) is 8.55. The molecule has 0 aliphatic rings. The Hall–Kier alpha value is -3.11. The van der Waals surface area contributed by atoms with Crippen LogP contribution in [0.4, 0.5) is 0 Å². The summed E-state index contributed by atoms with van der Waals surface area (Å²) in [5.74, 6) is 0. The van der Waals surface area contributed by atoms with Crippen LogP contribution in [0.2, 0.25) is 0 Å². The predicted octanol–water partition coefficient (Wildman–Crippen LogP) is 7.91. The molecule has 0 unspecified atom stereocenters. The van der Waals surface area contributed by atoms with Crippen molar-refractivity contribution < 1.29 is 8.83 Å². The number of rotatable bonds is 1. The summed E-state index contributed by atoms with van der Waals surface area (Å²) >= 11 is 1.81. The van der Waals surface area contributed by atoms with Crippen molar-refractivity contribution >= 4 is 54.3 Å². The fourth-order valence-electron chi connectivity index (χ4n) is 4.17. The van der Waals surface area contributed by atoms with E-state index in [1.807, 2.05) is 24.4 Å². The zero-order chi connectivity index (χ0) is 19.8. The van der Waals surface area contributed by atoms with E-state index in [-0.39, 0.29) is 5.41 Å². The van der Waals surface area contributed by atoms with Crippen molar-refractivity contribution in [1.82, 2.24) is 4.98 Å². The Morgan fingerprint density at radius 1 is 0.897 bits per heavy atom. The molecule has 2 aromatic carbocycles. The smallest absolute Gasteiger partial charge is 0.139 e. The van der Waals surface area contributed by atoms with Crippen molar-refractivity contribution in [2.75, 3.05) is 0 Å². The van der Waals surface area contributed by atoms with E-state index in [0.29, 0.717) is 0 Å². The first-order valence-electron chi connectivity index (χ1n) is 9.70. The molecule has 4 aromatic heterocycles. The molecule has 0 saturated carbocycles. The van der Waals surface area contributed by atoms with Gasteiger partial charge in [0.1, 0.15) is 16.7 Å². The number of aromatic nitrogens is 1. The zero-order valence-corrected chi connectivity index (χ0v) is 17.3. The highest BCUT2D eigenvalue weighted by Crippen LogP contribution is 2.41. The van der Waals surface area contributed by atoms with Crippen LogP contribution in [0.5, 0.6) is 0 Å². The lowest BCUT2D eigenvalue weighted by Gasteiger charge is -2.21. The maximum absolute atomic E-state index is 6.16. The molecule has 0 aliphatic heterocycles. The van der Waals surface area contributed by atoms with Crippen molar-refractivity contribution in [1.29, 1.82) is 0 Å². The van der Waals surface area contributed by atoms with Gasteiger partial charge in [0.05, 0.1) is 17.3 Å². The van der Waals surface area contributed by atoms with Crippen molar-refractivity contribution in [3.8, 4) is 11.3 Å². The van der Waals surface area contributed by atoms with Crippen LogP contribution in [0.15, 0.2) is 69.1 Å². The van der Waals surface area contributed by atoms with Gasteiger partial charge in [0.25, 0.3) is 0 Å². The maximum atomic E-state index is 6.16. The number of hydrogen-bond acceptors (Lipinski definition) is 4. The highest BCUT2D eigenvalue weighted by Gasteiger charge is 2.21. The Balaban J connectivity index is 1.72. The molecule has 0 bridgehead atoms. The first-order chi connectivity index (χ1) is 14.0. The van der Waals surface area contributed by atoms with Crippen LogP contribution in [0.25, 0.3) is 54.3 Å². The van der Waals surface area contributed by atoms with Gasteiger partial charge in [-0.05, 0) is 58.1 Å². The molecule has 0 N–H and O–H groups in total. The largest absolute Gasteiger partial charge is 0.464 e. The van der Waals surface area contributed by atoms with Crippen molar-refractivity contribution in [2.24, 2.45) is 0 Å². The molecule has 0 aliphatic carbocycles. The van der Waals surface area contributed by atoms with E-state index >= 15 is 0 Å². The fraction of sp³-hybridized carbons (Fsp3) is 0.160. The number of furan rings is 2. The second-order valence-corrected chi connectivity index (χ2v) is 9.47. The standard InChI is InChI=1S/C25H19NO2S/c1-25(2,3)18-12-16(10-15-6-9-29-24(15)18)23-22-17-11-14-5-8-27-20(14)13-21(17)28-19(22)4-7-26-23/h4-13H,1-3H3. The summed E-state index contributed by atoms with van der Waals surface area (Å²) in [6.45, 7) is 6.80. The van der Waals surface area contributed by atoms with E-state index in [0.717, 1.165) is 44.2 Å². The third kappa shape index (κ3) is 2.45. The molecule has 142 valence electrons. The van der Waals surface area contributed by atoms with Crippen LogP contribution < -0.4 is 0 Å². The fourth-order valence-corrected chi connectivity index (χ4v) is 5.28. The molecule has 0 saturated heterocycles. The number of hydrogen-bond donors (Lipinski definition) is 0. The number of pyridine rings is 1. The third-order valence-corrected chi connectivity index (χ3v) is 6.55. The minimum Gasteiger partial charge on any atom is -0.464 e. The highest BCUT2D eigenvalue weighted by molar-refractivity contribution is 7.17. The highest BCUT2D eigenvalue weighted by atomic mass is 32.1.